The van der Waals surface area contributed by atoms with E-state index in [-0.39, 0.29) is 18.5 Å². The Kier molecular flexibility index (Phi) is 5.85. The smallest absolute Gasteiger partial charge is 0.311 e. The van der Waals surface area contributed by atoms with Crippen LogP contribution in [0.3, 0.4) is 0 Å². The van der Waals surface area contributed by atoms with E-state index >= 15 is 0 Å². The number of aliphatic hydroxyl groups is 2. The van der Waals surface area contributed by atoms with Gasteiger partial charge in [-0.3, -0.25) is 9.59 Å². The molecule has 190 valence electrons. The Morgan fingerprint density at radius 1 is 1.34 bits per heavy atom. The lowest BCUT2D eigenvalue weighted by Crippen LogP contribution is -2.74. The summed E-state index contributed by atoms with van der Waals surface area (Å²) >= 11 is 0. The second kappa shape index (κ2) is 8.50. The number of methoxy groups -OCH3 is 1. The van der Waals surface area contributed by atoms with Crippen molar-refractivity contribution in [2.24, 2.45) is 0 Å². The predicted molar refractivity (Wildman–Crippen MR) is 126 cm³/mol. The van der Waals surface area contributed by atoms with Crippen LogP contribution in [0.25, 0.3) is 0 Å². The minimum atomic E-state index is -1.10. The molecule has 2 heterocycles. The molecule has 1 amide bonds. The number of carbonyl (C=O) groups excluding carboxylic acids is 2. The summed E-state index contributed by atoms with van der Waals surface area (Å²) < 4.78 is 17.9. The number of likely N-dealkylation sites (N-methyl/N-ethyl adjacent to an activating group) is 1. The second-order valence-corrected chi connectivity index (χ2v) is 10.4. The van der Waals surface area contributed by atoms with Crippen LogP contribution in [0.2, 0.25) is 0 Å². The average Bonchev–Trinajstić information content (AvgIpc) is 3.17. The number of carbonyl (C=O) groups is 2. The number of ether oxygens (including phenoxy) is 3. The molecule has 2 unspecified atom stereocenters. The highest BCUT2D eigenvalue weighted by Crippen LogP contribution is 2.65. The molecule has 1 aromatic carbocycles. The third-order valence-corrected chi connectivity index (χ3v) is 8.34. The molecule has 9 heteroatoms. The number of nitrogens with one attached hydrogen (secondary N) is 1. The van der Waals surface area contributed by atoms with Crippen molar-refractivity contribution in [3.63, 3.8) is 0 Å². The summed E-state index contributed by atoms with van der Waals surface area (Å²) in [7, 11) is 3.65. The van der Waals surface area contributed by atoms with Gasteiger partial charge in [0.2, 0.25) is 5.91 Å². The molecule has 0 aromatic heterocycles. The standard InChI is InChI=1S/C26H34N2O7/c1-14(27-24(31)15(2)29)5-8-20(30)34-18-9-10-26(32)19-13-16-6-7-17(33-4)22-21(16)25(26,23(18)35-22)11-12-28(19)3/h6-7,9,14-15,19,23,29,32H,5,8,10-13H2,1-4H3,(H,27,31)/t14-,15+,19-,23?,25?,26-/m1/s1. The molecule has 1 aromatic rings. The van der Waals surface area contributed by atoms with Gasteiger partial charge in [-0.1, -0.05) is 6.07 Å². The summed E-state index contributed by atoms with van der Waals surface area (Å²) in [5, 5.41) is 24.2. The Hall–Kier alpha value is -2.62. The number of piperidine rings is 1. The van der Waals surface area contributed by atoms with E-state index in [2.05, 4.69) is 16.3 Å². The lowest BCUT2D eigenvalue weighted by Gasteiger charge is -2.61. The normalized spacial score (nSPS) is 32.0. The number of hydrogen-bond donors (Lipinski definition) is 3. The minimum Gasteiger partial charge on any atom is -0.493 e. The Balaban J connectivity index is 1.41. The van der Waals surface area contributed by atoms with Gasteiger partial charge in [0.1, 0.15) is 11.9 Å². The summed E-state index contributed by atoms with van der Waals surface area (Å²) in [4.78, 5) is 26.7. The van der Waals surface area contributed by atoms with Crippen molar-refractivity contribution in [2.75, 3.05) is 20.7 Å². The molecule has 3 N–H and O–H groups in total. The third kappa shape index (κ3) is 3.47. The van der Waals surface area contributed by atoms with E-state index in [1.165, 1.54) is 6.92 Å². The summed E-state index contributed by atoms with van der Waals surface area (Å²) in [5.74, 6) is 0.767. The van der Waals surface area contributed by atoms with Gasteiger partial charge in [0, 0.05) is 30.5 Å². The maximum Gasteiger partial charge on any atom is 0.311 e. The number of amides is 1. The molecule has 9 nitrogen and oxygen atoms in total. The van der Waals surface area contributed by atoms with Gasteiger partial charge >= 0.3 is 5.97 Å². The van der Waals surface area contributed by atoms with Crippen molar-refractivity contribution >= 4 is 11.9 Å². The van der Waals surface area contributed by atoms with E-state index in [0.717, 1.165) is 24.1 Å². The number of benzene rings is 1. The van der Waals surface area contributed by atoms with Crippen LogP contribution < -0.4 is 14.8 Å². The van der Waals surface area contributed by atoms with Gasteiger partial charge < -0.3 is 34.6 Å². The lowest BCUT2D eigenvalue weighted by atomic mass is 9.50. The van der Waals surface area contributed by atoms with E-state index in [4.69, 9.17) is 14.2 Å². The Morgan fingerprint density at radius 2 is 2.11 bits per heavy atom. The Labute approximate surface area is 205 Å². The maximum atomic E-state index is 12.8. The van der Waals surface area contributed by atoms with Gasteiger partial charge in [-0.05, 0) is 64.4 Å². The lowest BCUT2D eigenvalue weighted by molar-refractivity contribution is -0.169. The quantitative estimate of drug-likeness (QED) is 0.492. The first kappa shape index (κ1) is 24.1. The van der Waals surface area contributed by atoms with Crippen LogP contribution in [-0.4, -0.2) is 77.6 Å². The van der Waals surface area contributed by atoms with Crippen molar-refractivity contribution in [1.29, 1.82) is 0 Å². The van der Waals surface area contributed by atoms with Crippen molar-refractivity contribution < 1.29 is 34.0 Å². The highest BCUT2D eigenvalue weighted by Gasteiger charge is 2.72. The van der Waals surface area contributed by atoms with E-state index < -0.39 is 35.1 Å². The van der Waals surface area contributed by atoms with Gasteiger partial charge in [-0.15, -0.1) is 0 Å². The summed E-state index contributed by atoms with van der Waals surface area (Å²) in [6.07, 6.45) is 2.29. The molecule has 4 aliphatic rings. The van der Waals surface area contributed by atoms with Crippen LogP contribution in [0.1, 0.15) is 50.7 Å². The van der Waals surface area contributed by atoms with Crippen molar-refractivity contribution in [1.82, 2.24) is 10.2 Å². The van der Waals surface area contributed by atoms with Crippen LogP contribution >= 0.6 is 0 Å². The molecule has 1 saturated heterocycles. The first-order valence-electron chi connectivity index (χ1n) is 12.3. The average molecular weight is 487 g/mol. The fourth-order valence-electron chi connectivity index (χ4n) is 6.54. The zero-order chi connectivity index (χ0) is 25.1. The van der Waals surface area contributed by atoms with Crippen LogP contribution in [-0.2, 0) is 26.2 Å². The molecule has 2 aliphatic carbocycles. The summed E-state index contributed by atoms with van der Waals surface area (Å²) in [5.41, 5.74) is 0.361. The maximum absolute atomic E-state index is 12.8. The number of hydrogen-bond acceptors (Lipinski definition) is 8. The molecule has 2 aliphatic heterocycles. The fourth-order valence-corrected chi connectivity index (χ4v) is 6.54. The van der Waals surface area contributed by atoms with Crippen LogP contribution in [0.5, 0.6) is 11.5 Å². The molecule has 35 heavy (non-hydrogen) atoms. The van der Waals surface area contributed by atoms with E-state index in [1.807, 2.05) is 13.1 Å². The number of likely N-dealkylation sites (tertiary alicyclic amines) is 1. The van der Waals surface area contributed by atoms with Crippen LogP contribution in [0.15, 0.2) is 24.0 Å². The SMILES string of the molecule is COc1ccc2c3c1OC1C(OC(=O)CC[C@@H](C)NC(=O)[C@H](C)O)=CC[C@@]4(O)[C@@H](C2)N(C)CCC314. The molecule has 6 atom stereocenters. The molecule has 1 spiro atoms. The highest BCUT2D eigenvalue weighted by molar-refractivity contribution is 5.80. The Morgan fingerprint density at radius 3 is 2.83 bits per heavy atom. The second-order valence-electron chi connectivity index (χ2n) is 10.4. The summed E-state index contributed by atoms with van der Waals surface area (Å²) in [6, 6.07) is 3.60. The first-order valence-corrected chi connectivity index (χ1v) is 12.3. The number of esters is 1. The molecule has 0 saturated carbocycles. The topological polar surface area (TPSA) is 118 Å². The first-order chi connectivity index (χ1) is 16.6. The molecule has 0 radical (unpaired) electrons. The Bertz CT molecular complexity index is 1090. The van der Waals surface area contributed by atoms with Gasteiger partial charge in [-0.25, -0.2) is 0 Å². The number of rotatable bonds is 7. The molecular formula is C26H34N2O7. The fraction of sp³-hybridized carbons (Fsp3) is 0.615. The van der Waals surface area contributed by atoms with Crippen molar-refractivity contribution in [3.05, 3.63) is 35.1 Å². The molecule has 1 fully saturated rings. The molecule has 2 bridgehead atoms. The number of nitrogens with zero attached hydrogens (tertiary/aromatic N) is 1. The highest BCUT2D eigenvalue weighted by atomic mass is 16.6. The number of aliphatic hydroxyl groups excluding tert-OH is 1. The molecular weight excluding hydrogens is 452 g/mol. The van der Waals surface area contributed by atoms with Crippen LogP contribution in [0, 0.1) is 0 Å². The predicted octanol–water partition coefficient (Wildman–Crippen LogP) is 1.18. The third-order valence-electron chi connectivity index (χ3n) is 8.34. The molecule has 5 rings (SSSR count). The van der Waals surface area contributed by atoms with Gasteiger partial charge in [0.05, 0.1) is 18.1 Å². The zero-order valence-corrected chi connectivity index (χ0v) is 20.7. The monoisotopic (exact) mass is 486 g/mol. The van der Waals surface area contributed by atoms with E-state index in [9.17, 15) is 19.8 Å². The van der Waals surface area contributed by atoms with Gasteiger partial charge in [-0.2, -0.15) is 0 Å². The van der Waals surface area contributed by atoms with E-state index in [1.54, 1.807) is 20.1 Å². The van der Waals surface area contributed by atoms with Crippen molar-refractivity contribution in [3.8, 4) is 11.5 Å². The van der Waals surface area contributed by atoms with Gasteiger partial charge in [0.15, 0.2) is 17.6 Å². The minimum absolute atomic E-state index is 0.0685. The van der Waals surface area contributed by atoms with Crippen molar-refractivity contribution in [2.45, 2.75) is 81.3 Å². The van der Waals surface area contributed by atoms with E-state index in [0.29, 0.717) is 36.5 Å². The zero-order valence-electron chi connectivity index (χ0n) is 20.7. The summed E-state index contributed by atoms with van der Waals surface area (Å²) in [6.45, 7) is 3.97. The van der Waals surface area contributed by atoms with Crippen LogP contribution in [0.4, 0.5) is 0 Å². The van der Waals surface area contributed by atoms with Gasteiger partial charge in [0.25, 0.3) is 0 Å². The largest absolute Gasteiger partial charge is 0.493 e.